The van der Waals surface area contributed by atoms with Crippen LogP contribution in [0.2, 0.25) is 0 Å². The van der Waals surface area contributed by atoms with Gasteiger partial charge in [-0.25, -0.2) is 9.97 Å². The number of carbonyl (C=O) groups excluding carboxylic acids is 1. The molecule has 0 fully saturated rings. The molecule has 3 rings (SSSR count). The van der Waals surface area contributed by atoms with Crippen LogP contribution in [0.25, 0.3) is 0 Å². The van der Waals surface area contributed by atoms with Crippen molar-refractivity contribution in [3.05, 3.63) is 53.9 Å². The number of benzene rings is 1. The summed E-state index contributed by atoms with van der Waals surface area (Å²) in [6.07, 6.45) is 6.60. The molecule has 1 N–H and O–H groups in total. The van der Waals surface area contributed by atoms with Gasteiger partial charge in [0.2, 0.25) is 5.91 Å². The molecule has 2 aromatic rings. The van der Waals surface area contributed by atoms with Gasteiger partial charge in [-0.1, -0.05) is 36.0 Å². The molecule has 4 nitrogen and oxygen atoms in total. The molecule has 1 aliphatic rings. The molecule has 0 radical (unpaired) electrons. The Morgan fingerprint density at radius 1 is 1.27 bits per heavy atom. The highest BCUT2D eigenvalue weighted by Crippen LogP contribution is 2.30. The maximum Gasteiger partial charge on any atom is 0.233 e. The molecule has 0 aliphatic heterocycles. The van der Waals surface area contributed by atoms with Gasteiger partial charge in [0.15, 0.2) is 5.16 Å². The summed E-state index contributed by atoms with van der Waals surface area (Å²) in [6, 6.07) is 10.3. The number of rotatable bonds is 4. The molecule has 5 heteroatoms. The number of fused-ring (bicyclic) bond motifs is 1. The van der Waals surface area contributed by atoms with Crippen LogP contribution < -0.4 is 5.32 Å². The standard InChI is InChI=1S/C17H19N3OS/c1-12(22-17-18-10-5-11-19-17)16(21)20-15-9-4-7-13-6-2-3-8-14(13)15/h2-3,5-6,8,10-12,15H,4,7,9H2,1H3,(H,20,21)/t12-,15-/m0/s1. The molecule has 0 unspecified atom stereocenters. The van der Waals surface area contributed by atoms with Crippen molar-refractivity contribution in [2.24, 2.45) is 0 Å². The van der Waals surface area contributed by atoms with Crippen LogP contribution in [-0.2, 0) is 11.2 Å². The summed E-state index contributed by atoms with van der Waals surface area (Å²) >= 11 is 1.39. The fourth-order valence-electron chi connectivity index (χ4n) is 2.75. The lowest BCUT2D eigenvalue weighted by Crippen LogP contribution is -2.36. The number of carbonyl (C=O) groups is 1. The first kappa shape index (κ1) is 15.0. The number of nitrogens with one attached hydrogen (secondary N) is 1. The van der Waals surface area contributed by atoms with E-state index in [2.05, 4.69) is 33.5 Å². The zero-order valence-electron chi connectivity index (χ0n) is 12.5. The smallest absolute Gasteiger partial charge is 0.233 e. The van der Waals surface area contributed by atoms with E-state index in [0.717, 1.165) is 19.3 Å². The summed E-state index contributed by atoms with van der Waals surface area (Å²) in [4.78, 5) is 20.7. The lowest BCUT2D eigenvalue weighted by Gasteiger charge is -2.27. The molecular formula is C17H19N3OS. The summed E-state index contributed by atoms with van der Waals surface area (Å²) in [5, 5.41) is 3.60. The van der Waals surface area contributed by atoms with Gasteiger partial charge in [-0.2, -0.15) is 0 Å². The van der Waals surface area contributed by atoms with Gasteiger partial charge in [-0.15, -0.1) is 0 Å². The Morgan fingerprint density at radius 2 is 2.05 bits per heavy atom. The molecule has 0 bridgehead atoms. The monoisotopic (exact) mass is 313 g/mol. The molecule has 0 saturated heterocycles. The molecule has 0 spiro atoms. The van der Waals surface area contributed by atoms with Crippen LogP contribution in [0, 0.1) is 0 Å². The van der Waals surface area contributed by atoms with Crippen LogP contribution in [0.3, 0.4) is 0 Å². The van der Waals surface area contributed by atoms with Gasteiger partial charge in [-0.05, 0) is 43.4 Å². The molecule has 1 aromatic carbocycles. The van der Waals surface area contributed by atoms with Crippen LogP contribution >= 0.6 is 11.8 Å². The summed E-state index contributed by atoms with van der Waals surface area (Å²) in [7, 11) is 0. The van der Waals surface area contributed by atoms with Gasteiger partial charge in [-0.3, -0.25) is 4.79 Å². The van der Waals surface area contributed by atoms with Gasteiger partial charge in [0, 0.05) is 12.4 Å². The Balaban J connectivity index is 1.65. The Bertz CT molecular complexity index is 647. The highest BCUT2D eigenvalue weighted by molar-refractivity contribution is 8.00. The lowest BCUT2D eigenvalue weighted by molar-refractivity contribution is -0.121. The minimum atomic E-state index is -0.212. The van der Waals surface area contributed by atoms with Crippen molar-refractivity contribution in [3.8, 4) is 0 Å². The molecule has 1 aromatic heterocycles. The number of nitrogens with zero attached hydrogens (tertiary/aromatic N) is 2. The van der Waals surface area contributed by atoms with E-state index < -0.39 is 0 Å². The maximum atomic E-state index is 12.4. The predicted octanol–water partition coefficient (Wildman–Crippen LogP) is 3.15. The molecular weight excluding hydrogens is 294 g/mol. The van der Waals surface area contributed by atoms with Gasteiger partial charge in [0.1, 0.15) is 0 Å². The zero-order valence-corrected chi connectivity index (χ0v) is 13.3. The Kier molecular flexibility index (Phi) is 4.73. The lowest BCUT2D eigenvalue weighted by atomic mass is 9.88. The topological polar surface area (TPSA) is 54.9 Å². The van der Waals surface area contributed by atoms with Crippen molar-refractivity contribution >= 4 is 17.7 Å². The second-order valence-electron chi connectivity index (χ2n) is 5.44. The number of amides is 1. The van der Waals surface area contributed by atoms with E-state index in [1.165, 1.54) is 22.9 Å². The van der Waals surface area contributed by atoms with Crippen LogP contribution in [-0.4, -0.2) is 21.1 Å². The molecule has 2 atom stereocenters. The average molecular weight is 313 g/mol. The Morgan fingerprint density at radius 3 is 2.86 bits per heavy atom. The maximum absolute atomic E-state index is 12.4. The van der Waals surface area contributed by atoms with Gasteiger partial charge in [0.25, 0.3) is 0 Å². The molecule has 1 amide bonds. The third-order valence-electron chi connectivity index (χ3n) is 3.88. The molecule has 22 heavy (non-hydrogen) atoms. The number of hydrogen-bond donors (Lipinski definition) is 1. The van der Waals surface area contributed by atoms with Crippen molar-refractivity contribution in [1.29, 1.82) is 0 Å². The second kappa shape index (κ2) is 6.92. The Hall–Kier alpha value is -1.88. The van der Waals surface area contributed by atoms with Crippen LogP contribution in [0.5, 0.6) is 0 Å². The predicted molar refractivity (Wildman–Crippen MR) is 87.6 cm³/mol. The van der Waals surface area contributed by atoms with E-state index in [0.29, 0.717) is 5.16 Å². The third kappa shape index (κ3) is 3.47. The van der Waals surface area contributed by atoms with Crippen molar-refractivity contribution in [2.75, 3.05) is 0 Å². The van der Waals surface area contributed by atoms with E-state index in [9.17, 15) is 4.79 Å². The van der Waals surface area contributed by atoms with Crippen LogP contribution in [0.15, 0.2) is 47.9 Å². The number of aryl methyl sites for hydroxylation is 1. The van der Waals surface area contributed by atoms with Crippen molar-refractivity contribution in [1.82, 2.24) is 15.3 Å². The molecule has 1 heterocycles. The van der Waals surface area contributed by atoms with Crippen molar-refractivity contribution in [3.63, 3.8) is 0 Å². The molecule has 1 aliphatic carbocycles. The number of hydrogen-bond acceptors (Lipinski definition) is 4. The van der Waals surface area contributed by atoms with Crippen LogP contribution in [0.4, 0.5) is 0 Å². The van der Waals surface area contributed by atoms with E-state index >= 15 is 0 Å². The Labute approximate surface area is 134 Å². The average Bonchev–Trinajstić information content (AvgIpc) is 2.56. The summed E-state index contributed by atoms with van der Waals surface area (Å²) < 4.78 is 0. The minimum Gasteiger partial charge on any atom is -0.348 e. The minimum absolute atomic E-state index is 0.0409. The molecule has 114 valence electrons. The van der Waals surface area contributed by atoms with E-state index in [4.69, 9.17) is 0 Å². The number of thioether (sulfide) groups is 1. The third-order valence-corrected chi connectivity index (χ3v) is 4.87. The van der Waals surface area contributed by atoms with E-state index in [1.807, 2.05) is 13.0 Å². The first-order valence-corrected chi connectivity index (χ1v) is 8.44. The fourth-order valence-corrected chi connectivity index (χ4v) is 3.49. The van der Waals surface area contributed by atoms with E-state index in [1.54, 1.807) is 18.5 Å². The van der Waals surface area contributed by atoms with Crippen LogP contribution in [0.1, 0.15) is 36.9 Å². The van der Waals surface area contributed by atoms with Gasteiger partial charge < -0.3 is 5.32 Å². The van der Waals surface area contributed by atoms with Crippen molar-refractivity contribution in [2.45, 2.75) is 42.6 Å². The highest BCUT2D eigenvalue weighted by Gasteiger charge is 2.24. The second-order valence-corrected chi connectivity index (χ2v) is 6.75. The summed E-state index contributed by atoms with van der Waals surface area (Å²) in [5.41, 5.74) is 2.61. The van der Waals surface area contributed by atoms with Gasteiger partial charge >= 0.3 is 0 Å². The van der Waals surface area contributed by atoms with Crippen molar-refractivity contribution < 1.29 is 4.79 Å². The SMILES string of the molecule is C[C@H](Sc1ncccn1)C(=O)N[C@H]1CCCc2ccccc21. The highest BCUT2D eigenvalue weighted by atomic mass is 32.2. The fraction of sp³-hybridized carbons (Fsp3) is 0.353. The first-order chi connectivity index (χ1) is 10.7. The largest absolute Gasteiger partial charge is 0.348 e. The zero-order chi connectivity index (χ0) is 15.4. The van der Waals surface area contributed by atoms with E-state index in [-0.39, 0.29) is 17.2 Å². The summed E-state index contributed by atoms with van der Waals surface area (Å²) in [5.74, 6) is 0.0409. The van der Waals surface area contributed by atoms with Gasteiger partial charge in [0.05, 0.1) is 11.3 Å². The molecule has 0 saturated carbocycles. The quantitative estimate of drug-likeness (QED) is 0.696. The first-order valence-electron chi connectivity index (χ1n) is 7.56. The normalized spacial score (nSPS) is 18.3. The summed E-state index contributed by atoms with van der Waals surface area (Å²) in [6.45, 7) is 1.89. The number of aromatic nitrogens is 2.